The van der Waals surface area contributed by atoms with E-state index in [-0.39, 0.29) is 10.5 Å². The topological polar surface area (TPSA) is 58.6 Å². The summed E-state index contributed by atoms with van der Waals surface area (Å²) in [6, 6.07) is 18.4. The molecule has 1 aliphatic heterocycles. The number of anilines is 1. The SMILES string of the molecule is Cc1ccc(S(=O)(=O)NC(C)(C)C)c(-c2ccc(COC3(C)CCN(c4ccc(C(F)(F)F)cc4)CC3)cc2)c1. The fourth-order valence-electron chi connectivity index (χ4n) is 4.84. The summed E-state index contributed by atoms with van der Waals surface area (Å²) in [5, 5.41) is 0. The van der Waals surface area contributed by atoms with Crippen LogP contribution in [0.25, 0.3) is 11.1 Å². The van der Waals surface area contributed by atoms with E-state index in [1.54, 1.807) is 12.1 Å². The van der Waals surface area contributed by atoms with Gasteiger partial charge in [-0.3, -0.25) is 0 Å². The molecule has 1 heterocycles. The van der Waals surface area contributed by atoms with Gasteiger partial charge in [-0.25, -0.2) is 13.1 Å². The zero-order valence-corrected chi connectivity index (χ0v) is 24.4. The Morgan fingerprint density at radius 3 is 2.08 bits per heavy atom. The van der Waals surface area contributed by atoms with Crippen LogP contribution in [0.5, 0.6) is 0 Å². The quantitative estimate of drug-likeness (QED) is 0.321. The number of rotatable bonds is 7. The van der Waals surface area contributed by atoms with Gasteiger partial charge in [0.25, 0.3) is 0 Å². The first-order chi connectivity index (χ1) is 18.5. The first kappa shape index (κ1) is 30.1. The first-order valence-corrected chi connectivity index (χ1v) is 14.8. The number of aryl methyl sites for hydroxylation is 1. The van der Waals surface area contributed by atoms with E-state index >= 15 is 0 Å². The molecule has 0 atom stereocenters. The van der Waals surface area contributed by atoms with Crippen molar-refractivity contribution >= 4 is 15.7 Å². The zero-order valence-electron chi connectivity index (χ0n) is 23.6. The van der Waals surface area contributed by atoms with Crippen LogP contribution in [0, 0.1) is 6.92 Å². The Bertz CT molecular complexity index is 1420. The lowest BCUT2D eigenvalue weighted by Crippen LogP contribution is -2.44. The number of hydrogen-bond donors (Lipinski definition) is 1. The molecule has 40 heavy (non-hydrogen) atoms. The van der Waals surface area contributed by atoms with Crippen LogP contribution >= 0.6 is 0 Å². The summed E-state index contributed by atoms with van der Waals surface area (Å²) in [5.41, 5.74) is 2.57. The molecule has 216 valence electrons. The second kappa shape index (κ2) is 11.2. The van der Waals surface area contributed by atoms with E-state index in [0.717, 1.165) is 47.4 Å². The van der Waals surface area contributed by atoms with Crippen LogP contribution < -0.4 is 9.62 Å². The van der Waals surface area contributed by atoms with Gasteiger partial charge in [0.1, 0.15) is 0 Å². The third-order valence-electron chi connectivity index (χ3n) is 7.10. The summed E-state index contributed by atoms with van der Waals surface area (Å²) in [6.07, 6.45) is -2.84. The molecule has 9 heteroatoms. The number of nitrogens with zero attached hydrogens (tertiary/aromatic N) is 1. The maximum atomic E-state index is 13.1. The molecule has 0 bridgehead atoms. The van der Waals surface area contributed by atoms with Crippen molar-refractivity contribution in [2.45, 2.75) is 76.3 Å². The Labute approximate surface area is 235 Å². The van der Waals surface area contributed by atoms with E-state index in [4.69, 9.17) is 4.74 Å². The normalized spacial score (nSPS) is 16.2. The molecule has 0 aliphatic carbocycles. The summed E-state index contributed by atoms with van der Waals surface area (Å²) in [5.74, 6) is 0. The van der Waals surface area contributed by atoms with Crippen molar-refractivity contribution in [3.05, 3.63) is 83.4 Å². The lowest BCUT2D eigenvalue weighted by molar-refractivity contribution is -0.137. The number of piperidine rings is 1. The van der Waals surface area contributed by atoms with Crippen LogP contribution in [-0.2, 0) is 27.5 Å². The molecular formula is C31H37F3N2O3S. The van der Waals surface area contributed by atoms with E-state index in [2.05, 4.69) is 16.5 Å². The predicted octanol–water partition coefficient (Wildman–Crippen LogP) is 7.33. The Hall–Kier alpha value is -2.88. The lowest BCUT2D eigenvalue weighted by Gasteiger charge is -2.40. The van der Waals surface area contributed by atoms with E-state index in [1.807, 2.05) is 58.0 Å². The highest BCUT2D eigenvalue weighted by Gasteiger charge is 2.33. The Morgan fingerprint density at radius 1 is 0.925 bits per heavy atom. The fourth-order valence-corrected chi connectivity index (χ4v) is 6.47. The van der Waals surface area contributed by atoms with Crippen molar-refractivity contribution in [1.82, 2.24) is 4.72 Å². The molecule has 3 aromatic rings. The predicted molar refractivity (Wildman–Crippen MR) is 153 cm³/mol. The molecule has 1 saturated heterocycles. The van der Waals surface area contributed by atoms with Gasteiger partial charge in [-0.15, -0.1) is 0 Å². The summed E-state index contributed by atoms with van der Waals surface area (Å²) < 4.78 is 73.9. The minimum Gasteiger partial charge on any atom is -0.371 e. The average Bonchev–Trinajstić information content (AvgIpc) is 2.86. The van der Waals surface area contributed by atoms with E-state index in [0.29, 0.717) is 25.3 Å². The number of benzene rings is 3. The maximum Gasteiger partial charge on any atom is 0.416 e. The smallest absolute Gasteiger partial charge is 0.371 e. The Kier molecular flexibility index (Phi) is 8.41. The van der Waals surface area contributed by atoms with Crippen LogP contribution in [-0.4, -0.2) is 32.6 Å². The summed E-state index contributed by atoms with van der Waals surface area (Å²) in [7, 11) is -3.72. The highest BCUT2D eigenvalue weighted by Crippen LogP contribution is 2.34. The number of halogens is 3. The molecule has 0 spiro atoms. The summed E-state index contributed by atoms with van der Waals surface area (Å²) >= 11 is 0. The third-order valence-corrected chi connectivity index (χ3v) is 8.91. The van der Waals surface area contributed by atoms with Gasteiger partial charge in [-0.2, -0.15) is 13.2 Å². The number of alkyl halides is 3. The van der Waals surface area contributed by atoms with Gasteiger partial charge in [0.15, 0.2) is 0 Å². The number of nitrogens with one attached hydrogen (secondary N) is 1. The van der Waals surface area contributed by atoms with Crippen LogP contribution in [0.4, 0.5) is 18.9 Å². The monoisotopic (exact) mass is 574 g/mol. The molecule has 0 radical (unpaired) electrons. The van der Waals surface area contributed by atoms with Crippen LogP contribution in [0.2, 0.25) is 0 Å². The van der Waals surface area contributed by atoms with Crippen molar-refractivity contribution in [2.75, 3.05) is 18.0 Å². The van der Waals surface area contributed by atoms with Crippen molar-refractivity contribution in [3.63, 3.8) is 0 Å². The van der Waals surface area contributed by atoms with Gasteiger partial charge >= 0.3 is 6.18 Å². The Balaban J connectivity index is 1.40. The molecule has 0 saturated carbocycles. The molecule has 3 aromatic carbocycles. The van der Waals surface area contributed by atoms with Crippen molar-refractivity contribution in [3.8, 4) is 11.1 Å². The van der Waals surface area contributed by atoms with Crippen molar-refractivity contribution < 1.29 is 26.3 Å². The second-order valence-electron chi connectivity index (χ2n) is 11.8. The minimum absolute atomic E-state index is 0.240. The highest BCUT2D eigenvalue weighted by molar-refractivity contribution is 7.89. The first-order valence-electron chi connectivity index (χ1n) is 13.3. The fraction of sp³-hybridized carbons (Fsp3) is 0.419. The molecule has 1 aliphatic rings. The van der Waals surface area contributed by atoms with Gasteiger partial charge in [-0.1, -0.05) is 42.0 Å². The van der Waals surface area contributed by atoms with Gasteiger partial charge < -0.3 is 9.64 Å². The second-order valence-corrected chi connectivity index (χ2v) is 13.5. The maximum absolute atomic E-state index is 13.1. The molecule has 1 N–H and O–H groups in total. The van der Waals surface area contributed by atoms with Crippen LogP contribution in [0.3, 0.4) is 0 Å². The molecule has 0 aromatic heterocycles. The molecular weight excluding hydrogens is 537 g/mol. The van der Waals surface area contributed by atoms with E-state index < -0.39 is 27.3 Å². The van der Waals surface area contributed by atoms with Gasteiger partial charge in [-0.05, 0) is 88.9 Å². The lowest BCUT2D eigenvalue weighted by atomic mass is 9.92. The van der Waals surface area contributed by atoms with Gasteiger partial charge in [0, 0.05) is 29.9 Å². The summed E-state index contributed by atoms with van der Waals surface area (Å²) in [4.78, 5) is 2.33. The molecule has 0 unspecified atom stereocenters. The van der Waals surface area contributed by atoms with E-state index in [1.165, 1.54) is 12.1 Å². The number of hydrogen-bond acceptors (Lipinski definition) is 4. The largest absolute Gasteiger partial charge is 0.416 e. The number of sulfonamides is 1. The highest BCUT2D eigenvalue weighted by atomic mass is 32.2. The van der Waals surface area contributed by atoms with Crippen LogP contribution in [0.15, 0.2) is 71.6 Å². The van der Waals surface area contributed by atoms with E-state index in [9.17, 15) is 21.6 Å². The van der Waals surface area contributed by atoms with Gasteiger partial charge in [0.05, 0.1) is 22.7 Å². The Morgan fingerprint density at radius 2 is 1.52 bits per heavy atom. The molecule has 1 fully saturated rings. The third kappa shape index (κ3) is 7.44. The van der Waals surface area contributed by atoms with Gasteiger partial charge in [0.2, 0.25) is 10.0 Å². The standard InChI is InChI=1S/C31H37F3N2O3S/c1-22-6-15-28(40(37,38)35-29(2,3)4)27(20-22)24-9-7-23(8-10-24)21-39-30(5)16-18-36(19-17-30)26-13-11-25(12-14-26)31(32,33)34/h6-15,20,35H,16-19,21H2,1-5H3. The molecule has 0 amide bonds. The minimum atomic E-state index is -4.34. The summed E-state index contributed by atoms with van der Waals surface area (Å²) in [6.45, 7) is 11.2. The van der Waals surface area contributed by atoms with Crippen molar-refractivity contribution in [2.24, 2.45) is 0 Å². The van der Waals surface area contributed by atoms with Crippen LogP contribution in [0.1, 0.15) is 57.2 Å². The zero-order chi connectivity index (χ0) is 29.3. The molecule has 5 nitrogen and oxygen atoms in total. The van der Waals surface area contributed by atoms with Crippen molar-refractivity contribution in [1.29, 1.82) is 0 Å². The number of ether oxygens (including phenoxy) is 1. The molecule has 4 rings (SSSR count). The average molecular weight is 575 g/mol.